The Bertz CT molecular complexity index is 310. The zero-order valence-electron chi connectivity index (χ0n) is 12.0. The normalized spacial score (nSPS) is 25.0. The molecule has 0 aromatic carbocycles. The number of aliphatic carboxylic acids is 1. The molecular weight excluding hydrogens is 244 g/mol. The lowest BCUT2D eigenvalue weighted by molar-refractivity contribution is -0.147. The van der Waals surface area contributed by atoms with E-state index < -0.39 is 11.5 Å². The average Bonchev–Trinajstić information content (AvgIpc) is 3.15. The highest BCUT2D eigenvalue weighted by molar-refractivity contribution is 5.80. The second-order valence-electron chi connectivity index (χ2n) is 6.09. The second-order valence-corrected chi connectivity index (χ2v) is 6.09. The van der Waals surface area contributed by atoms with E-state index in [1.54, 1.807) is 0 Å². The van der Waals surface area contributed by atoms with E-state index in [0.29, 0.717) is 13.2 Å². The molecule has 1 saturated heterocycles. The molecule has 2 fully saturated rings. The summed E-state index contributed by atoms with van der Waals surface area (Å²) in [5.41, 5.74) is -0.779. The monoisotopic (exact) mass is 270 g/mol. The van der Waals surface area contributed by atoms with E-state index in [2.05, 4.69) is 10.2 Å². The van der Waals surface area contributed by atoms with Crippen LogP contribution in [0.4, 0.5) is 0 Å². The molecule has 0 amide bonds. The molecule has 2 rings (SSSR count). The highest BCUT2D eigenvalue weighted by Crippen LogP contribution is 2.41. The van der Waals surface area contributed by atoms with Crippen molar-refractivity contribution in [1.82, 2.24) is 10.2 Å². The molecule has 2 aliphatic rings. The lowest BCUT2D eigenvalue weighted by Crippen LogP contribution is -2.62. The van der Waals surface area contributed by atoms with Crippen LogP contribution >= 0.6 is 0 Å². The van der Waals surface area contributed by atoms with E-state index >= 15 is 0 Å². The third-order valence-corrected chi connectivity index (χ3v) is 3.99. The van der Waals surface area contributed by atoms with Crippen molar-refractivity contribution in [2.75, 3.05) is 32.8 Å². The fraction of sp³-hybridized carbons (Fsp3) is 0.929. The lowest BCUT2D eigenvalue weighted by atomic mass is 9.91. The zero-order valence-corrected chi connectivity index (χ0v) is 12.0. The fourth-order valence-electron chi connectivity index (χ4n) is 3.00. The van der Waals surface area contributed by atoms with Crippen LogP contribution in [0.15, 0.2) is 0 Å². The maximum atomic E-state index is 11.9. The molecule has 0 spiro atoms. The van der Waals surface area contributed by atoms with Crippen molar-refractivity contribution in [2.24, 2.45) is 5.92 Å². The number of carboxylic acids is 1. The average molecular weight is 270 g/mol. The third-order valence-electron chi connectivity index (χ3n) is 3.99. The molecule has 0 aromatic heterocycles. The minimum absolute atomic E-state index is 0.180. The van der Waals surface area contributed by atoms with E-state index in [9.17, 15) is 9.90 Å². The molecule has 1 saturated carbocycles. The number of hydrogen-bond donors (Lipinski definition) is 2. The van der Waals surface area contributed by atoms with E-state index in [1.807, 2.05) is 13.8 Å². The molecule has 5 heteroatoms. The maximum Gasteiger partial charge on any atom is 0.325 e. The minimum atomic E-state index is -0.779. The number of carbonyl (C=O) groups is 1. The molecule has 0 bridgehead atoms. The smallest absolute Gasteiger partial charge is 0.325 e. The van der Waals surface area contributed by atoms with Gasteiger partial charge in [-0.2, -0.15) is 0 Å². The number of nitrogens with one attached hydrogen (secondary N) is 1. The van der Waals surface area contributed by atoms with Crippen molar-refractivity contribution >= 4 is 5.97 Å². The Morgan fingerprint density at radius 2 is 2.16 bits per heavy atom. The Hall–Kier alpha value is -0.650. The van der Waals surface area contributed by atoms with E-state index in [0.717, 1.165) is 39.0 Å². The Kier molecular flexibility index (Phi) is 4.81. The summed E-state index contributed by atoms with van der Waals surface area (Å²) in [5, 5.41) is 13.1. The summed E-state index contributed by atoms with van der Waals surface area (Å²) in [6.45, 7) is 7.90. The van der Waals surface area contributed by atoms with Crippen molar-refractivity contribution in [3.63, 3.8) is 0 Å². The fourth-order valence-corrected chi connectivity index (χ4v) is 3.00. The van der Waals surface area contributed by atoms with Crippen LogP contribution < -0.4 is 5.32 Å². The van der Waals surface area contributed by atoms with Crippen LogP contribution in [0.3, 0.4) is 0 Å². The van der Waals surface area contributed by atoms with Crippen molar-refractivity contribution in [3.8, 4) is 0 Å². The van der Waals surface area contributed by atoms with Crippen LogP contribution in [0.2, 0.25) is 0 Å². The molecule has 0 aromatic rings. The van der Waals surface area contributed by atoms with Crippen LogP contribution in [-0.2, 0) is 9.53 Å². The maximum absolute atomic E-state index is 11.9. The Morgan fingerprint density at radius 1 is 1.42 bits per heavy atom. The largest absolute Gasteiger partial charge is 0.480 e. The second kappa shape index (κ2) is 6.20. The number of rotatable bonds is 6. The first-order valence-electron chi connectivity index (χ1n) is 7.36. The van der Waals surface area contributed by atoms with Crippen LogP contribution in [0, 0.1) is 5.92 Å². The van der Waals surface area contributed by atoms with E-state index in [-0.39, 0.29) is 12.0 Å². The first-order chi connectivity index (χ1) is 9.04. The molecule has 1 heterocycles. The van der Waals surface area contributed by atoms with Crippen LogP contribution in [0.5, 0.6) is 0 Å². The summed E-state index contributed by atoms with van der Waals surface area (Å²) in [6.07, 6.45) is 3.04. The van der Waals surface area contributed by atoms with Gasteiger partial charge in [-0.05, 0) is 39.0 Å². The van der Waals surface area contributed by atoms with Gasteiger partial charge in [0.2, 0.25) is 0 Å². The first-order valence-corrected chi connectivity index (χ1v) is 7.36. The quantitative estimate of drug-likeness (QED) is 0.752. The predicted molar refractivity (Wildman–Crippen MR) is 73.2 cm³/mol. The number of carboxylic acid groups (broad SMARTS) is 1. The molecule has 1 aliphatic carbocycles. The summed E-state index contributed by atoms with van der Waals surface area (Å²) in [7, 11) is 0. The standard InChI is InChI=1S/C14H26N2O3/c1-11(2)15-14(13(17)18,12-4-5-12)10-16-6-3-8-19-9-7-16/h11-12,15H,3-10H2,1-2H3,(H,17,18). The van der Waals surface area contributed by atoms with Gasteiger partial charge in [0.05, 0.1) is 6.61 Å². The lowest BCUT2D eigenvalue weighted by Gasteiger charge is -2.37. The van der Waals surface area contributed by atoms with Crippen LogP contribution in [-0.4, -0.2) is 60.4 Å². The van der Waals surface area contributed by atoms with Crippen molar-refractivity contribution in [2.45, 2.75) is 44.7 Å². The van der Waals surface area contributed by atoms with Gasteiger partial charge in [-0.3, -0.25) is 15.0 Å². The molecule has 0 radical (unpaired) electrons. The van der Waals surface area contributed by atoms with Crippen molar-refractivity contribution in [3.05, 3.63) is 0 Å². The predicted octanol–water partition coefficient (Wildman–Crippen LogP) is 0.940. The number of ether oxygens (including phenoxy) is 1. The van der Waals surface area contributed by atoms with Gasteiger partial charge in [0.15, 0.2) is 0 Å². The van der Waals surface area contributed by atoms with Gasteiger partial charge in [-0.15, -0.1) is 0 Å². The van der Waals surface area contributed by atoms with E-state index in [4.69, 9.17) is 4.74 Å². The van der Waals surface area contributed by atoms with Gasteiger partial charge in [-0.25, -0.2) is 0 Å². The molecule has 1 aliphatic heterocycles. The van der Waals surface area contributed by atoms with Gasteiger partial charge in [0.25, 0.3) is 0 Å². The Labute approximate surface area is 115 Å². The molecular formula is C14H26N2O3. The summed E-state index contributed by atoms with van der Waals surface area (Å²) < 4.78 is 5.45. The van der Waals surface area contributed by atoms with Gasteiger partial charge < -0.3 is 9.84 Å². The summed E-state index contributed by atoms with van der Waals surface area (Å²) in [5.74, 6) is -0.426. The molecule has 19 heavy (non-hydrogen) atoms. The summed E-state index contributed by atoms with van der Waals surface area (Å²) in [4.78, 5) is 14.1. The highest BCUT2D eigenvalue weighted by Gasteiger charge is 2.52. The first kappa shape index (κ1) is 14.8. The molecule has 2 N–H and O–H groups in total. The number of nitrogens with zero attached hydrogens (tertiary/aromatic N) is 1. The zero-order chi connectivity index (χ0) is 13.9. The van der Waals surface area contributed by atoms with Gasteiger partial charge in [0, 0.05) is 32.3 Å². The van der Waals surface area contributed by atoms with Crippen molar-refractivity contribution < 1.29 is 14.6 Å². The summed E-state index contributed by atoms with van der Waals surface area (Å²) in [6, 6.07) is 0.180. The van der Waals surface area contributed by atoms with Gasteiger partial charge >= 0.3 is 5.97 Å². The SMILES string of the molecule is CC(C)NC(CN1CCCOCC1)(C(=O)O)C1CC1. The number of hydrogen-bond acceptors (Lipinski definition) is 4. The topological polar surface area (TPSA) is 61.8 Å². The molecule has 110 valence electrons. The van der Waals surface area contributed by atoms with Gasteiger partial charge in [0.1, 0.15) is 5.54 Å². The Balaban J connectivity index is 2.09. The van der Waals surface area contributed by atoms with Gasteiger partial charge in [-0.1, -0.05) is 0 Å². The molecule has 5 nitrogen and oxygen atoms in total. The molecule has 1 unspecified atom stereocenters. The van der Waals surface area contributed by atoms with E-state index in [1.165, 1.54) is 0 Å². The Morgan fingerprint density at radius 3 is 2.74 bits per heavy atom. The minimum Gasteiger partial charge on any atom is -0.480 e. The molecule has 1 atom stereocenters. The van der Waals surface area contributed by atoms with Crippen molar-refractivity contribution in [1.29, 1.82) is 0 Å². The van der Waals surface area contributed by atoms with Crippen LogP contribution in [0.25, 0.3) is 0 Å². The summed E-state index contributed by atoms with van der Waals surface area (Å²) >= 11 is 0. The third kappa shape index (κ3) is 3.68. The highest BCUT2D eigenvalue weighted by atomic mass is 16.5. The van der Waals surface area contributed by atoms with Crippen LogP contribution in [0.1, 0.15) is 33.1 Å².